The van der Waals surface area contributed by atoms with Crippen LogP contribution in [0.25, 0.3) is 0 Å². The second-order valence-electron chi connectivity index (χ2n) is 6.14. The van der Waals surface area contributed by atoms with Crippen molar-refractivity contribution in [2.45, 2.75) is 68.2 Å². The van der Waals surface area contributed by atoms with Crippen LogP contribution < -0.4 is 0 Å². The van der Waals surface area contributed by atoms with Crippen molar-refractivity contribution in [1.82, 2.24) is 0 Å². The summed E-state index contributed by atoms with van der Waals surface area (Å²) in [6, 6.07) is 7.70. The summed E-state index contributed by atoms with van der Waals surface area (Å²) in [4.78, 5) is 10.7. The number of carboxylic acid groups (broad SMARTS) is 1. The summed E-state index contributed by atoms with van der Waals surface area (Å²) >= 11 is 17.2. The molecule has 2 N–H and O–H groups in total. The van der Waals surface area contributed by atoms with Crippen LogP contribution in [0.15, 0.2) is 24.3 Å². The summed E-state index contributed by atoms with van der Waals surface area (Å²) in [7, 11) is 0. The third kappa shape index (κ3) is 9.12. The van der Waals surface area contributed by atoms with Crippen LogP contribution in [-0.2, 0) is 11.2 Å². The number of benzene rings is 1. The molecule has 0 heterocycles. The first-order valence-corrected chi connectivity index (χ1v) is 9.48. The van der Waals surface area contributed by atoms with Crippen molar-refractivity contribution in [3.8, 4) is 0 Å². The van der Waals surface area contributed by atoms with E-state index >= 15 is 0 Å². The summed E-state index contributed by atoms with van der Waals surface area (Å²) in [5.41, 5.74) is 1.18. The normalized spacial score (nSPS) is 13.0. The number of carboxylic acids is 1. The number of aryl methyl sites for hydroxylation is 1. The van der Waals surface area contributed by atoms with Gasteiger partial charge in [0.15, 0.2) is 0 Å². The molecule has 1 rings (SSSR count). The molecule has 0 radical (unpaired) electrons. The Hall–Kier alpha value is -0.480. The number of carbonyl (C=O) groups is 1. The lowest BCUT2D eigenvalue weighted by molar-refractivity contribution is -0.138. The van der Waals surface area contributed by atoms with E-state index in [-0.39, 0.29) is 12.5 Å². The highest BCUT2D eigenvalue weighted by molar-refractivity contribution is 6.57. The highest BCUT2D eigenvalue weighted by Crippen LogP contribution is 2.28. The van der Waals surface area contributed by atoms with Gasteiger partial charge >= 0.3 is 5.97 Å². The molecule has 0 aliphatic heterocycles. The zero-order chi connectivity index (χ0) is 18.0. The van der Waals surface area contributed by atoms with Gasteiger partial charge in [0.1, 0.15) is 0 Å². The molecule has 0 amide bonds. The Morgan fingerprint density at radius 3 is 2.21 bits per heavy atom. The Morgan fingerprint density at radius 1 is 1.00 bits per heavy atom. The quantitative estimate of drug-likeness (QED) is 0.356. The Morgan fingerprint density at radius 2 is 1.58 bits per heavy atom. The van der Waals surface area contributed by atoms with Crippen LogP contribution in [0.2, 0.25) is 5.02 Å². The van der Waals surface area contributed by atoms with E-state index in [4.69, 9.17) is 39.9 Å². The largest absolute Gasteiger partial charge is 0.479 e. The van der Waals surface area contributed by atoms with Gasteiger partial charge in [-0.15, -0.1) is 0 Å². The molecule has 0 saturated heterocycles. The first kappa shape index (κ1) is 21.6. The van der Waals surface area contributed by atoms with Crippen molar-refractivity contribution < 1.29 is 15.0 Å². The molecule has 1 unspecified atom stereocenters. The van der Waals surface area contributed by atoms with E-state index in [2.05, 4.69) is 0 Å². The van der Waals surface area contributed by atoms with Gasteiger partial charge in [0, 0.05) is 5.02 Å². The van der Waals surface area contributed by atoms with Gasteiger partial charge in [-0.3, -0.25) is 0 Å². The van der Waals surface area contributed by atoms with Crippen LogP contribution in [-0.4, -0.2) is 26.6 Å². The lowest BCUT2D eigenvalue weighted by Crippen LogP contribution is -2.25. The van der Waals surface area contributed by atoms with Crippen molar-refractivity contribution in [3.63, 3.8) is 0 Å². The second kappa shape index (κ2) is 11.2. The summed E-state index contributed by atoms with van der Waals surface area (Å²) in [5, 5.41) is 19.5. The summed E-state index contributed by atoms with van der Waals surface area (Å²) in [6.07, 6.45) is 6.93. The average Bonchev–Trinajstić information content (AvgIpc) is 2.53. The van der Waals surface area contributed by atoms with E-state index < -0.39 is 10.3 Å². The molecule has 1 aromatic rings. The molecule has 0 spiro atoms. The van der Waals surface area contributed by atoms with Crippen LogP contribution in [0, 0.1) is 0 Å². The van der Waals surface area contributed by atoms with Gasteiger partial charge in [0.05, 0.1) is 6.10 Å². The number of aliphatic hydroxyl groups is 1. The minimum atomic E-state index is -1.67. The molecule has 0 aliphatic carbocycles. The topological polar surface area (TPSA) is 57.5 Å². The Balaban J connectivity index is 2.02. The van der Waals surface area contributed by atoms with Gasteiger partial charge in [-0.05, 0) is 49.8 Å². The van der Waals surface area contributed by atoms with Gasteiger partial charge in [-0.1, -0.05) is 72.6 Å². The van der Waals surface area contributed by atoms with Crippen molar-refractivity contribution in [2.24, 2.45) is 0 Å². The Bertz CT molecular complexity index is 489. The molecule has 1 aromatic carbocycles. The predicted molar refractivity (Wildman–Crippen MR) is 100 cm³/mol. The molecule has 0 bridgehead atoms. The number of rotatable bonds is 12. The number of hydrogen-bond acceptors (Lipinski definition) is 2. The van der Waals surface area contributed by atoms with Gasteiger partial charge < -0.3 is 10.2 Å². The molecular formula is C18H25Cl3O3. The Kier molecular flexibility index (Phi) is 10.1. The summed E-state index contributed by atoms with van der Waals surface area (Å²) in [6.45, 7) is 0. The monoisotopic (exact) mass is 394 g/mol. The molecule has 3 nitrogen and oxygen atoms in total. The first-order valence-electron chi connectivity index (χ1n) is 8.35. The second-order valence-corrected chi connectivity index (χ2v) is 8.06. The number of unbranched alkanes of at least 4 members (excludes halogenated alkanes) is 4. The lowest BCUT2D eigenvalue weighted by atomic mass is 10.0. The van der Waals surface area contributed by atoms with E-state index in [0.717, 1.165) is 50.0 Å². The number of aliphatic carboxylic acids is 1. The van der Waals surface area contributed by atoms with E-state index in [1.165, 1.54) is 5.56 Å². The number of aliphatic hydroxyl groups excluding tert-OH is 1. The van der Waals surface area contributed by atoms with E-state index in [1.807, 2.05) is 24.3 Å². The van der Waals surface area contributed by atoms with Gasteiger partial charge in [0.2, 0.25) is 4.33 Å². The maximum absolute atomic E-state index is 10.7. The number of hydrogen-bond donors (Lipinski definition) is 2. The zero-order valence-electron chi connectivity index (χ0n) is 13.7. The maximum atomic E-state index is 10.7. The average molecular weight is 396 g/mol. The number of halogens is 3. The molecule has 136 valence electrons. The molecule has 0 aliphatic rings. The lowest BCUT2D eigenvalue weighted by Gasteiger charge is -2.13. The van der Waals surface area contributed by atoms with Crippen LogP contribution in [0.1, 0.15) is 56.9 Å². The molecule has 6 heteroatoms. The third-order valence-electron chi connectivity index (χ3n) is 4.02. The smallest absolute Gasteiger partial charge is 0.340 e. The molecule has 0 saturated carbocycles. The predicted octanol–water partition coefficient (Wildman–Crippen LogP) is 5.62. The fraction of sp³-hybridized carbons (Fsp3) is 0.611. The highest BCUT2D eigenvalue weighted by Gasteiger charge is 2.32. The van der Waals surface area contributed by atoms with Crippen LogP contribution >= 0.6 is 34.8 Å². The molecule has 1 atom stereocenters. The maximum Gasteiger partial charge on any atom is 0.340 e. The standard InChI is InChI=1S/C18H25Cl3O3/c19-15-10-7-14(8-11-15)9-12-16(22)6-4-2-1-3-5-13-18(20,21)17(23)24/h7-8,10-11,16,22H,1-6,9,12-13H2,(H,23,24). The number of alkyl halides is 2. The van der Waals surface area contributed by atoms with Gasteiger partial charge in [0.25, 0.3) is 0 Å². The zero-order valence-corrected chi connectivity index (χ0v) is 16.0. The molecule has 0 fully saturated rings. The SMILES string of the molecule is O=C(O)C(Cl)(Cl)CCCCCCCC(O)CCc1ccc(Cl)cc1. The van der Waals surface area contributed by atoms with Crippen molar-refractivity contribution >= 4 is 40.8 Å². The molecule has 0 aromatic heterocycles. The molecular weight excluding hydrogens is 371 g/mol. The van der Waals surface area contributed by atoms with E-state index in [9.17, 15) is 9.90 Å². The van der Waals surface area contributed by atoms with Gasteiger partial charge in [-0.2, -0.15) is 0 Å². The summed E-state index contributed by atoms with van der Waals surface area (Å²) in [5.74, 6) is -1.19. The van der Waals surface area contributed by atoms with Crippen molar-refractivity contribution in [1.29, 1.82) is 0 Å². The van der Waals surface area contributed by atoms with Crippen LogP contribution in [0.5, 0.6) is 0 Å². The van der Waals surface area contributed by atoms with E-state index in [0.29, 0.717) is 6.42 Å². The highest BCUT2D eigenvalue weighted by atomic mass is 35.5. The van der Waals surface area contributed by atoms with Crippen molar-refractivity contribution in [2.75, 3.05) is 0 Å². The van der Waals surface area contributed by atoms with Crippen LogP contribution in [0.4, 0.5) is 0 Å². The van der Waals surface area contributed by atoms with Gasteiger partial charge in [-0.25, -0.2) is 4.79 Å². The third-order valence-corrected chi connectivity index (χ3v) is 4.97. The Labute approximate surface area is 158 Å². The van der Waals surface area contributed by atoms with Crippen molar-refractivity contribution in [3.05, 3.63) is 34.9 Å². The van der Waals surface area contributed by atoms with E-state index in [1.54, 1.807) is 0 Å². The summed E-state index contributed by atoms with van der Waals surface area (Å²) < 4.78 is -1.67. The van der Waals surface area contributed by atoms with Crippen LogP contribution in [0.3, 0.4) is 0 Å². The fourth-order valence-electron chi connectivity index (χ4n) is 2.49. The minimum absolute atomic E-state index is 0.259. The fourth-order valence-corrected chi connectivity index (χ4v) is 2.89. The first-order chi connectivity index (χ1) is 11.3. The molecule has 24 heavy (non-hydrogen) atoms. The minimum Gasteiger partial charge on any atom is -0.479 e.